The second kappa shape index (κ2) is 7.08. The minimum Gasteiger partial charge on any atom is -0.314 e. The van der Waals surface area contributed by atoms with Gasteiger partial charge in [-0.1, -0.05) is 54.1 Å². The monoisotopic (exact) mass is 300 g/mol. The van der Waals surface area contributed by atoms with E-state index in [1.165, 1.54) is 11.1 Å². The molecule has 0 bridgehead atoms. The van der Waals surface area contributed by atoms with Crippen LogP contribution in [0.25, 0.3) is 0 Å². The summed E-state index contributed by atoms with van der Waals surface area (Å²) in [5.41, 5.74) is 2.76. The number of halogens is 1. The molecule has 0 amide bonds. The summed E-state index contributed by atoms with van der Waals surface area (Å²) < 4.78 is 0. The fraction of sp³-hybridized carbons (Fsp3) is 0.333. The summed E-state index contributed by atoms with van der Waals surface area (Å²) in [5.74, 6) is 0. The average Bonchev–Trinajstić information content (AvgIpc) is 2.55. The van der Waals surface area contributed by atoms with Gasteiger partial charge in [-0.25, -0.2) is 0 Å². The van der Waals surface area contributed by atoms with Crippen molar-refractivity contribution in [1.82, 2.24) is 10.2 Å². The molecule has 1 unspecified atom stereocenters. The van der Waals surface area contributed by atoms with Gasteiger partial charge in [0, 0.05) is 37.2 Å². The molecule has 1 aliphatic heterocycles. The molecule has 2 nitrogen and oxygen atoms in total. The van der Waals surface area contributed by atoms with Crippen LogP contribution in [0.15, 0.2) is 54.6 Å². The van der Waals surface area contributed by atoms with Crippen LogP contribution in [0, 0.1) is 0 Å². The Morgan fingerprint density at radius 3 is 2.57 bits per heavy atom. The van der Waals surface area contributed by atoms with Crippen LogP contribution in [-0.2, 0) is 6.42 Å². The third-order valence-corrected chi connectivity index (χ3v) is 4.39. The van der Waals surface area contributed by atoms with Crippen LogP contribution in [0.3, 0.4) is 0 Å². The Morgan fingerprint density at radius 2 is 1.81 bits per heavy atom. The first-order chi connectivity index (χ1) is 10.3. The van der Waals surface area contributed by atoms with Gasteiger partial charge < -0.3 is 5.32 Å². The van der Waals surface area contributed by atoms with Gasteiger partial charge in [0.15, 0.2) is 0 Å². The number of hydrogen-bond acceptors (Lipinski definition) is 2. The van der Waals surface area contributed by atoms with Gasteiger partial charge in [-0.2, -0.15) is 0 Å². The highest BCUT2D eigenvalue weighted by Gasteiger charge is 2.22. The lowest BCUT2D eigenvalue weighted by atomic mass is 10.0. The van der Waals surface area contributed by atoms with Crippen LogP contribution in [0.5, 0.6) is 0 Å². The normalized spacial score (nSPS) is 19.6. The molecule has 0 saturated carbocycles. The first-order valence-corrected chi connectivity index (χ1v) is 7.95. The average molecular weight is 301 g/mol. The van der Waals surface area contributed by atoms with Crippen molar-refractivity contribution in [2.75, 3.05) is 26.2 Å². The number of benzene rings is 2. The number of nitrogens with zero attached hydrogens (tertiary/aromatic N) is 1. The van der Waals surface area contributed by atoms with Gasteiger partial charge in [-0.3, -0.25) is 4.90 Å². The van der Waals surface area contributed by atoms with Crippen LogP contribution in [0.1, 0.15) is 17.2 Å². The molecule has 1 aliphatic rings. The highest BCUT2D eigenvalue weighted by atomic mass is 35.5. The number of nitrogens with one attached hydrogen (secondary N) is 1. The maximum atomic E-state index is 5.95. The molecule has 0 aromatic heterocycles. The molecular weight excluding hydrogens is 280 g/mol. The van der Waals surface area contributed by atoms with E-state index in [4.69, 9.17) is 11.6 Å². The zero-order chi connectivity index (χ0) is 14.5. The third-order valence-electron chi connectivity index (χ3n) is 4.14. The molecule has 1 heterocycles. The van der Waals surface area contributed by atoms with Crippen LogP contribution in [-0.4, -0.2) is 31.1 Å². The highest BCUT2D eigenvalue weighted by molar-refractivity contribution is 6.30. The molecule has 1 saturated heterocycles. The van der Waals surface area contributed by atoms with Gasteiger partial charge in [-0.05, 0) is 29.7 Å². The van der Waals surface area contributed by atoms with Crippen LogP contribution in [0.2, 0.25) is 5.02 Å². The van der Waals surface area contributed by atoms with Crippen molar-refractivity contribution in [3.05, 3.63) is 70.7 Å². The second-order valence-corrected chi connectivity index (χ2v) is 5.98. The number of hydrogen-bond donors (Lipinski definition) is 1. The van der Waals surface area contributed by atoms with Crippen molar-refractivity contribution < 1.29 is 0 Å². The Bertz CT molecular complexity index is 553. The highest BCUT2D eigenvalue weighted by Crippen LogP contribution is 2.22. The largest absolute Gasteiger partial charge is 0.314 e. The molecule has 110 valence electrons. The molecule has 21 heavy (non-hydrogen) atoms. The van der Waals surface area contributed by atoms with Crippen molar-refractivity contribution in [3.63, 3.8) is 0 Å². The van der Waals surface area contributed by atoms with Gasteiger partial charge in [0.05, 0.1) is 0 Å². The predicted octanol–water partition coefficient (Wildman–Crippen LogP) is 3.53. The van der Waals surface area contributed by atoms with E-state index >= 15 is 0 Å². The molecule has 0 radical (unpaired) electrons. The summed E-state index contributed by atoms with van der Waals surface area (Å²) >= 11 is 5.95. The molecule has 1 fully saturated rings. The fourth-order valence-electron chi connectivity index (χ4n) is 2.94. The summed E-state index contributed by atoms with van der Waals surface area (Å²) in [4.78, 5) is 2.58. The minimum atomic E-state index is 0.479. The summed E-state index contributed by atoms with van der Waals surface area (Å²) in [5, 5.41) is 4.32. The van der Waals surface area contributed by atoms with E-state index in [2.05, 4.69) is 52.7 Å². The van der Waals surface area contributed by atoms with Crippen LogP contribution in [0.4, 0.5) is 0 Å². The van der Waals surface area contributed by atoms with Crippen molar-refractivity contribution in [3.8, 4) is 0 Å². The molecule has 3 rings (SSSR count). The molecule has 1 N–H and O–H groups in total. The van der Waals surface area contributed by atoms with E-state index < -0.39 is 0 Å². The topological polar surface area (TPSA) is 15.3 Å². The van der Waals surface area contributed by atoms with E-state index in [-0.39, 0.29) is 0 Å². The summed E-state index contributed by atoms with van der Waals surface area (Å²) in [7, 11) is 0. The zero-order valence-electron chi connectivity index (χ0n) is 12.1. The lowest BCUT2D eigenvalue weighted by molar-refractivity contribution is 0.164. The Balaban J connectivity index is 1.66. The van der Waals surface area contributed by atoms with Gasteiger partial charge >= 0.3 is 0 Å². The van der Waals surface area contributed by atoms with E-state index in [0.717, 1.165) is 37.6 Å². The molecule has 0 spiro atoms. The quantitative estimate of drug-likeness (QED) is 0.929. The van der Waals surface area contributed by atoms with E-state index in [0.29, 0.717) is 6.04 Å². The third kappa shape index (κ3) is 3.85. The van der Waals surface area contributed by atoms with Gasteiger partial charge in [0.25, 0.3) is 0 Å². The molecule has 1 atom stereocenters. The Morgan fingerprint density at radius 1 is 1.05 bits per heavy atom. The maximum Gasteiger partial charge on any atom is 0.0473 e. The SMILES string of the molecule is Clc1ccc(CCN2CCNCC2c2ccccc2)cc1. The minimum absolute atomic E-state index is 0.479. The standard InChI is InChI=1S/C18H21ClN2/c19-17-8-6-15(7-9-17)10-12-21-13-11-20-14-18(21)16-4-2-1-3-5-16/h1-9,18,20H,10-14H2. The number of piperazine rings is 1. The van der Waals surface area contributed by atoms with Crippen molar-refractivity contribution in [2.45, 2.75) is 12.5 Å². The lowest BCUT2D eigenvalue weighted by Gasteiger charge is -2.36. The van der Waals surface area contributed by atoms with E-state index in [1.54, 1.807) is 0 Å². The van der Waals surface area contributed by atoms with Crippen molar-refractivity contribution >= 4 is 11.6 Å². The van der Waals surface area contributed by atoms with Gasteiger partial charge in [0.1, 0.15) is 0 Å². The Labute approximate surface area is 131 Å². The summed E-state index contributed by atoms with van der Waals surface area (Å²) in [6.45, 7) is 4.30. The molecule has 0 aliphatic carbocycles. The number of rotatable bonds is 4. The van der Waals surface area contributed by atoms with E-state index in [9.17, 15) is 0 Å². The zero-order valence-corrected chi connectivity index (χ0v) is 12.9. The summed E-state index contributed by atoms with van der Waals surface area (Å²) in [6.07, 6.45) is 1.07. The van der Waals surface area contributed by atoms with Crippen molar-refractivity contribution in [1.29, 1.82) is 0 Å². The van der Waals surface area contributed by atoms with Crippen LogP contribution >= 0.6 is 11.6 Å². The molecular formula is C18H21ClN2. The second-order valence-electron chi connectivity index (χ2n) is 5.54. The lowest BCUT2D eigenvalue weighted by Crippen LogP contribution is -2.46. The van der Waals surface area contributed by atoms with Gasteiger partial charge in [-0.15, -0.1) is 0 Å². The fourth-order valence-corrected chi connectivity index (χ4v) is 3.07. The smallest absolute Gasteiger partial charge is 0.0473 e. The molecule has 3 heteroatoms. The van der Waals surface area contributed by atoms with E-state index in [1.807, 2.05) is 12.1 Å². The molecule has 2 aromatic rings. The Hall–Kier alpha value is -1.35. The summed E-state index contributed by atoms with van der Waals surface area (Å²) in [6, 6.07) is 19.5. The first-order valence-electron chi connectivity index (χ1n) is 7.57. The van der Waals surface area contributed by atoms with Crippen molar-refractivity contribution in [2.24, 2.45) is 0 Å². The predicted molar refractivity (Wildman–Crippen MR) is 88.8 cm³/mol. The molecule has 2 aromatic carbocycles. The maximum absolute atomic E-state index is 5.95. The van der Waals surface area contributed by atoms with Gasteiger partial charge in [0.2, 0.25) is 0 Å². The Kier molecular flexibility index (Phi) is 4.91. The van der Waals surface area contributed by atoms with Crippen LogP contribution < -0.4 is 5.32 Å². The first kappa shape index (κ1) is 14.6.